The van der Waals surface area contributed by atoms with Gasteiger partial charge in [0.25, 0.3) is 0 Å². The molecule has 0 aliphatic heterocycles. The van der Waals surface area contributed by atoms with Crippen LogP contribution in [-0.4, -0.2) is 0 Å². The van der Waals surface area contributed by atoms with Crippen LogP contribution in [0.2, 0.25) is 0 Å². The molecule has 0 aliphatic carbocycles. The van der Waals surface area contributed by atoms with Gasteiger partial charge in [0.05, 0.1) is 6.04 Å². The molecule has 3 rings (SSSR count). The Balaban J connectivity index is 2.13. The van der Waals surface area contributed by atoms with E-state index in [9.17, 15) is 0 Å². The van der Waals surface area contributed by atoms with E-state index >= 15 is 0 Å². The lowest BCUT2D eigenvalue weighted by Gasteiger charge is -2.16. The highest BCUT2D eigenvalue weighted by atomic mass is 79.9. The van der Waals surface area contributed by atoms with Crippen LogP contribution in [0.5, 0.6) is 0 Å². The molecule has 0 aliphatic rings. The van der Waals surface area contributed by atoms with E-state index in [0.29, 0.717) is 0 Å². The van der Waals surface area contributed by atoms with Crippen molar-refractivity contribution in [1.29, 1.82) is 0 Å². The highest BCUT2D eigenvalue weighted by Crippen LogP contribution is 2.33. The first-order valence-corrected chi connectivity index (χ1v) is 8.23. The Morgan fingerprint density at radius 2 is 1.80 bits per heavy atom. The average molecular weight is 346 g/mol. The number of hydrogen-bond donors (Lipinski definition) is 1. The molecule has 0 radical (unpaired) electrons. The summed E-state index contributed by atoms with van der Waals surface area (Å²) in [4.78, 5) is 0. The fraction of sp³-hybridized carbons (Fsp3) is 0.176. The quantitative estimate of drug-likeness (QED) is 0.667. The molecular weight excluding hydrogens is 330 g/mol. The average Bonchev–Trinajstić information content (AvgIpc) is 2.91. The van der Waals surface area contributed by atoms with Crippen LogP contribution in [0, 0.1) is 13.8 Å². The van der Waals surface area contributed by atoms with Crippen molar-refractivity contribution in [3.63, 3.8) is 0 Å². The van der Waals surface area contributed by atoms with E-state index in [1.165, 1.54) is 36.8 Å². The molecule has 2 N–H and O–H groups in total. The lowest BCUT2D eigenvalue weighted by atomic mass is 9.96. The second kappa shape index (κ2) is 5.32. The third kappa shape index (κ3) is 2.30. The van der Waals surface area contributed by atoms with Gasteiger partial charge in [0.15, 0.2) is 0 Å². The predicted octanol–water partition coefficient (Wildman–Crippen LogP) is 5.33. The van der Waals surface area contributed by atoms with Gasteiger partial charge in [-0.15, -0.1) is 11.3 Å². The summed E-state index contributed by atoms with van der Waals surface area (Å²) in [5.41, 5.74) is 11.4. The van der Waals surface area contributed by atoms with Crippen LogP contribution in [0.4, 0.5) is 0 Å². The topological polar surface area (TPSA) is 26.0 Å². The monoisotopic (exact) mass is 345 g/mol. The minimum Gasteiger partial charge on any atom is -0.320 e. The molecule has 0 spiro atoms. The Kier molecular flexibility index (Phi) is 3.67. The van der Waals surface area contributed by atoms with Gasteiger partial charge in [-0.2, -0.15) is 0 Å². The second-order valence-corrected chi connectivity index (χ2v) is 6.84. The highest BCUT2D eigenvalue weighted by molar-refractivity contribution is 9.10. The Morgan fingerprint density at radius 3 is 2.50 bits per heavy atom. The van der Waals surface area contributed by atoms with E-state index in [4.69, 9.17) is 5.73 Å². The second-order valence-electron chi connectivity index (χ2n) is 5.13. The van der Waals surface area contributed by atoms with Crippen molar-refractivity contribution < 1.29 is 0 Å². The molecular formula is C17H16BrNS. The molecule has 0 bridgehead atoms. The molecule has 0 saturated carbocycles. The number of hydrogen-bond acceptors (Lipinski definition) is 2. The van der Waals surface area contributed by atoms with Crippen molar-refractivity contribution in [2.24, 2.45) is 5.73 Å². The zero-order chi connectivity index (χ0) is 14.3. The number of thiophene rings is 1. The fourth-order valence-corrected chi connectivity index (χ4v) is 3.78. The first-order valence-electron chi connectivity index (χ1n) is 6.56. The van der Waals surface area contributed by atoms with E-state index in [1.54, 1.807) is 11.3 Å². The molecule has 0 saturated heterocycles. The molecule has 1 unspecified atom stereocenters. The van der Waals surface area contributed by atoms with Crippen LogP contribution < -0.4 is 5.73 Å². The molecule has 2 aromatic carbocycles. The third-order valence-corrected chi connectivity index (χ3v) is 5.89. The van der Waals surface area contributed by atoms with Gasteiger partial charge in [-0.3, -0.25) is 0 Å². The van der Waals surface area contributed by atoms with E-state index < -0.39 is 0 Å². The van der Waals surface area contributed by atoms with Crippen LogP contribution in [0.25, 0.3) is 10.1 Å². The van der Waals surface area contributed by atoms with Crippen molar-refractivity contribution in [3.8, 4) is 0 Å². The van der Waals surface area contributed by atoms with Crippen LogP contribution in [0.15, 0.2) is 46.3 Å². The summed E-state index contributed by atoms with van der Waals surface area (Å²) in [5.74, 6) is 0. The van der Waals surface area contributed by atoms with Crippen molar-refractivity contribution in [2.45, 2.75) is 19.9 Å². The molecule has 1 aromatic heterocycles. The summed E-state index contributed by atoms with van der Waals surface area (Å²) in [6, 6.07) is 12.8. The van der Waals surface area contributed by atoms with Gasteiger partial charge in [-0.05, 0) is 52.9 Å². The summed E-state index contributed by atoms with van der Waals surface area (Å²) >= 11 is 5.37. The molecule has 0 amide bonds. The Hall–Kier alpha value is -1.16. The van der Waals surface area contributed by atoms with Gasteiger partial charge in [-0.1, -0.05) is 46.3 Å². The maximum Gasteiger partial charge on any atom is 0.0566 e. The van der Waals surface area contributed by atoms with Crippen LogP contribution in [-0.2, 0) is 0 Å². The lowest BCUT2D eigenvalue weighted by Crippen LogP contribution is -2.12. The van der Waals surface area contributed by atoms with Crippen molar-refractivity contribution in [2.75, 3.05) is 0 Å². The maximum atomic E-state index is 6.52. The Labute approximate surface area is 131 Å². The summed E-state index contributed by atoms with van der Waals surface area (Å²) in [5, 5.41) is 3.40. The highest BCUT2D eigenvalue weighted by Gasteiger charge is 2.14. The van der Waals surface area contributed by atoms with Crippen LogP contribution in [0.3, 0.4) is 0 Å². The molecule has 20 heavy (non-hydrogen) atoms. The minimum atomic E-state index is -0.0807. The summed E-state index contributed by atoms with van der Waals surface area (Å²) in [6.07, 6.45) is 0. The van der Waals surface area contributed by atoms with E-state index in [0.717, 1.165) is 0 Å². The number of benzene rings is 2. The zero-order valence-corrected chi connectivity index (χ0v) is 13.9. The summed E-state index contributed by atoms with van der Waals surface area (Å²) in [7, 11) is 0. The third-order valence-electron chi connectivity index (χ3n) is 3.66. The maximum absolute atomic E-state index is 6.52. The smallest absolute Gasteiger partial charge is 0.0566 e. The zero-order valence-electron chi connectivity index (χ0n) is 11.5. The molecule has 3 aromatic rings. The predicted molar refractivity (Wildman–Crippen MR) is 91.5 cm³/mol. The largest absolute Gasteiger partial charge is 0.320 e. The van der Waals surface area contributed by atoms with Gasteiger partial charge >= 0.3 is 0 Å². The van der Waals surface area contributed by atoms with Gasteiger partial charge in [0.2, 0.25) is 0 Å². The fourth-order valence-electron chi connectivity index (χ4n) is 2.60. The van der Waals surface area contributed by atoms with E-state index in [2.05, 4.69) is 71.6 Å². The molecule has 0 fully saturated rings. The molecule has 1 nitrogen and oxygen atoms in total. The minimum absolute atomic E-state index is 0.0807. The first-order chi connectivity index (χ1) is 9.58. The SMILES string of the molecule is Cc1cc(C(N)c2cccc3ccsc23)cc(C)c1Br. The summed E-state index contributed by atoms with van der Waals surface area (Å²) in [6.45, 7) is 4.22. The molecule has 3 heteroatoms. The summed E-state index contributed by atoms with van der Waals surface area (Å²) < 4.78 is 2.46. The number of fused-ring (bicyclic) bond motifs is 1. The van der Waals surface area contributed by atoms with Gasteiger partial charge in [0, 0.05) is 9.17 Å². The van der Waals surface area contributed by atoms with Crippen molar-refractivity contribution in [1.82, 2.24) is 0 Å². The van der Waals surface area contributed by atoms with Crippen LogP contribution >= 0.6 is 27.3 Å². The van der Waals surface area contributed by atoms with E-state index in [1.807, 2.05) is 0 Å². The van der Waals surface area contributed by atoms with Gasteiger partial charge in [-0.25, -0.2) is 0 Å². The molecule has 1 heterocycles. The van der Waals surface area contributed by atoms with Crippen molar-refractivity contribution >= 4 is 37.4 Å². The normalized spacial score (nSPS) is 12.8. The number of aryl methyl sites for hydroxylation is 2. The van der Waals surface area contributed by atoms with Gasteiger partial charge in [0.1, 0.15) is 0 Å². The lowest BCUT2D eigenvalue weighted by molar-refractivity contribution is 0.877. The Bertz CT molecular complexity index is 753. The number of halogens is 1. The van der Waals surface area contributed by atoms with Gasteiger partial charge < -0.3 is 5.73 Å². The molecule has 1 atom stereocenters. The van der Waals surface area contributed by atoms with E-state index in [-0.39, 0.29) is 6.04 Å². The standard InChI is InChI=1S/C17H16BrNS/c1-10-8-13(9-11(2)15(10)18)16(19)14-5-3-4-12-6-7-20-17(12)14/h3-9,16H,19H2,1-2H3. The number of nitrogens with two attached hydrogens (primary N) is 1. The van der Waals surface area contributed by atoms with Crippen LogP contribution in [0.1, 0.15) is 28.3 Å². The molecule has 102 valence electrons. The number of rotatable bonds is 2. The van der Waals surface area contributed by atoms with Crippen molar-refractivity contribution in [3.05, 3.63) is 68.5 Å². The first kappa shape index (κ1) is 13.8. The Morgan fingerprint density at radius 1 is 1.10 bits per heavy atom.